The number of carbonyl (C=O) groups excluding carboxylic acids is 1. The molecule has 0 unspecified atom stereocenters. The number of nitrogens with zero attached hydrogens (tertiary/aromatic N) is 3. The number of aromatic nitrogens is 2. The second kappa shape index (κ2) is 5.83. The van der Waals surface area contributed by atoms with E-state index in [1.54, 1.807) is 18.4 Å². The van der Waals surface area contributed by atoms with Crippen molar-refractivity contribution in [2.45, 2.75) is 13.5 Å². The van der Waals surface area contributed by atoms with Crippen LogP contribution in [-0.2, 0) is 16.1 Å². The van der Waals surface area contributed by atoms with Crippen LogP contribution >= 0.6 is 11.3 Å². The molecular weight excluding hydrogens is 282 g/mol. The van der Waals surface area contributed by atoms with Crippen LogP contribution in [0.15, 0.2) is 22.6 Å². The molecule has 0 saturated carbocycles. The van der Waals surface area contributed by atoms with E-state index in [1.807, 2.05) is 0 Å². The van der Waals surface area contributed by atoms with Gasteiger partial charge in [-0.3, -0.25) is 19.0 Å². The molecular formula is C12H13N3O4S. The van der Waals surface area contributed by atoms with Gasteiger partial charge in [-0.1, -0.05) is 0 Å². The average molecular weight is 295 g/mol. The van der Waals surface area contributed by atoms with Gasteiger partial charge in [0.1, 0.15) is 17.9 Å². The lowest BCUT2D eigenvalue weighted by molar-refractivity contribution is -0.144. The zero-order valence-corrected chi connectivity index (χ0v) is 11.6. The summed E-state index contributed by atoms with van der Waals surface area (Å²) < 4.78 is 1.20. The fourth-order valence-electron chi connectivity index (χ4n) is 1.79. The minimum Gasteiger partial charge on any atom is -0.480 e. The van der Waals surface area contributed by atoms with Crippen molar-refractivity contribution in [1.82, 2.24) is 14.5 Å². The van der Waals surface area contributed by atoms with Crippen LogP contribution in [-0.4, -0.2) is 44.5 Å². The number of hydrogen-bond acceptors (Lipinski definition) is 5. The number of carbonyl (C=O) groups is 2. The molecule has 0 aliphatic carbocycles. The number of amides is 1. The van der Waals surface area contributed by atoms with Crippen molar-refractivity contribution in [3.05, 3.63) is 28.1 Å². The molecule has 1 N–H and O–H groups in total. The molecule has 8 heteroatoms. The van der Waals surface area contributed by atoms with Gasteiger partial charge in [0.05, 0.1) is 11.7 Å². The highest BCUT2D eigenvalue weighted by molar-refractivity contribution is 7.16. The second-order valence-corrected chi connectivity index (χ2v) is 5.01. The van der Waals surface area contributed by atoms with Gasteiger partial charge in [0.15, 0.2) is 0 Å². The third-order valence-corrected chi connectivity index (χ3v) is 3.64. The van der Waals surface area contributed by atoms with Crippen molar-refractivity contribution in [3.63, 3.8) is 0 Å². The van der Waals surface area contributed by atoms with Crippen LogP contribution in [0.5, 0.6) is 0 Å². The third-order valence-electron chi connectivity index (χ3n) is 2.82. The standard InChI is InChI=1S/C12H13N3O4S/c1-2-14(6-10(17)18)9(16)5-15-7-13-11-8(12(15)19)3-4-20-11/h3-4,7H,2,5-6H2,1H3,(H,17,18). The summed E-state index contributed by atoms with van der Waals surface area (Å²) in [5, 5.41) is 10.9. The van der Waals surface area contributed by atoms with Gasteiger partial charge in [-0.25, -0.2) is 4.98 Å². The number of hydrogen-bond donors (Lipinski definition) is 1. The number of carboxylic acids is 1. The maximum absolute atomic E-state index is 12.1. The second-order valence-electron chi connectivity index (χ2n) is 4.12. The largest absolute Gasteiger partial charge is 0.480 e. The molecule has 0 spiro atoms. The highest BCUT2D eigenvalue weighted by Gasteiger charge is 2.16. The van der Waals surface area contributed by atoms with E-state index in [1.165, 1.54) is 27.1 Å². The zero-order chi connectivity index (χ0) is 14.7. The summed E-state index contributed by atoms with van der Waals surface area (Å²) in [5.74, 6) is -1.51. The SMILES string of the molecule is CCN(CC(=O)O)C(=O)Cn1cnc2sccc2c1=O. The number of aliphatic carboxylic acids is 1. The summed E-state index contributed by atoms with van der Waals surface area (Å²) >= 11 is 1.35. The van der Waals surface area contributed by atoms with Crippen LogP contribution in [0.1, 0.15) is 6.92 Å². The van der Waals surface area contributed by atoms with Crippen molar-refractivity contribution in [2.75, 3.05) is 13.1 Å². The van der Waals surface area contributed by atoms with Crippen molar-refractivity contribution in [3.8, 4) is 0 Å². The topological polar surface area (TPSA) is 92.5 Å². The summed E-state index contributed by atoms with van der Waals surface area (Å²) in [4.78, 5) is 40.6. The maximum Gasteiger partial charge on any atom is 0.323 e. The van der Waals surface area contributed by atoms with E-state index in [9.17, 15) is 14.4 Å². The molecule has 0 fully saturated rings. The van der Waals surface area contributed by atoms with Crippen molar-refractivity contribution in [1.29, 1.82) is 0 Å². The van der Waals surface area contributed by atoms with E-state index >= 15 is 0 Å². The number of likely N-dealkylation sites (N-methyl/N-ethyl adjacent to an activating group) is 1. The molecule has 0 saturated heterocycles. The lowest BCUT2D eigenvalue weighted by atomic mass is 10.4. The Bertz CT molecular complexity index is 706. The van der Waals surface area contributed by atoms with Crippen molar-refractivity contribution in [2.24, 2.45) is 0 Å². The van der Waals surface area contributed by atoms with Gasteiger partial charge >= 0.3 is 5.97 Å². The lowest BCUT2D eigenvalue weighted by Crippen LogP contribution is -2.39. The fourth-order valence-corrected chi connectivity index (χ4v) is 2.51. The Morgan fingerprint density at radius 1 is 1.50 bits per heavy atom. The summed E-state index contributed by atoms with van der Waals surface area (Å²) in [6.07, 6.45) is 1.31. The van der Waals surface area contributed by atoms with Gasteiger partial charge in [0, 0.05) is 6.54 Å². The van der Waals surface area contributed by atoms with Gasteiger partial charge in [0.2, 0.25) is 5.91 Å². The molecule has 2 heterocycles. The van der Waals surface area contributed by atoms with Gasteiger partial charge in [0.25, 0.3) is 5.56 Å². The molecule has 0 radical (unpaired) electrons. The molecule has 7 nitrogen and oxygen atoms in total. The highest BCUT2D eigenvalue weighted by atomic mass is 32.1. The third kappa shape index (κ3) is 2.85. The van der Waals surface area contributed by atoms with Gasteiger partial charge < -0.3 is 10.0 Å². The van der Waals surface area contributed by atoms with Crippen LogP contribution < -0.4 is 5.56 Å². The summed E-state index contributed by atoms with van der Waals surface area (Å²) in [6, 6.07) is 1.66. The van der Waals surface area contributed by atoms with E-state index in [4.69, 9.17) is 5.11 Å². The fraction of sp³-hybridized carbons (Fsp3) is 0.333. The Hall–Kier alpha value is -2.22. The van der Waals surface area contributed by atoms with E-state index in [2.05, 4.69) is 4.98 Å². The zero-order valence-electron chi connectivity index (χ0n) is 10.8. The number of rotatable bonds is 5. The first-order valence-corrected chi connectivity index (χ1v) is 6.83. The van der Waals surface area contributed by atoms with Crippen molar-refractivity contribution < 1.29 is 14.7 Å². The lowest BCUT2D eigenvalue weighted by Gasteiger charge is -2.18. The Balaban J connectivity index is 2.22. The maximum atomic E-state index is 12.1. The van der Waals surface area contributed by atoms with Crippen LogP contribution in [0.4, 0.5) is 0 Å². The van der Waals surface area contributed by atoms with Gasteiger partial charge in [-0.2, -0.15) is 0 Å². The van der Waals surface area contributed by atoms with E-state index in [0.29, 0.717) is 10.2 Å². The molecule has 2 aromatic heterocycles. The molecule has 2 rings (SSSR count). The predicted molar refractivity (Wildman–Crippen MR) is 73.8 cm³/mol. The van der Waals surface area contributed by atoms with Gasteiger partial charge in [-0.15, -0.1) is 11.3 Å². The Labute approximate surface area is 118 Å². The van der Waals surface area contributed by atoms with E-state index < -0.39 is 11.9 Å². The van der Waals surface area contributed by atoms with E-state index in [0.717, 1.165) is 0 Å². The predicted octanol–water partition coefficient (Wildman–Crippen LogP) is 0.391. The normalized spacial score (nSPS) is 10.7. The van der Waals surface area contributed by atoms with Crippen LogP contribution in [0.2, 0.25) is 0 Å². The van der Waals surface area contributed by atoms with Crippen LogP contribution in [0.3, 0.4) is 0 Å². The molecule has 20 heavy (non-hydrogen) atoms. The van der Waals surface area contributed by atoms with Crippen molar-refractivity contribution >= 4 is 33.4 Å². The first-order chi connectivity index (χ1) is 9.52. The number of thiophene rings is 1. The smallest absolute Gasteiger partial charge is 0.323 e. The minimum atomic E-state index is -1.08. The number of fused-ring (bicyclic) bond motifs is 1. The molecule has 106 valence electrons. The summed E-state index contributed by atoms with van der Waals surface area (Å²) in [7, 11) is 0. The first kappa shape index (κ1) is 14.2. The molecule has 0 aliphatic heterocycles. The average Bonchev–Trinajstić information content (AvgIpc) is 2.88. The molecule has 0 bridgehead atoms. The Kier molecular flexibility index (Phi) is 4.14. The Morgan fingerprint density at radius 2 is 2.25 bits per heavy atom. The van der Waals surface area contributed by atoms with Gasteiger partial charge in [-0.05, 0) is 18.4 Å². The van der Waals surface area contributed by atoms with Crippen LogP contribution in [0, 0.1) is 0 Å². The first-order valence-electron chi connectivity index (χ1n) is 5.95. The number of carboxylic acid groups (broad SMARTS) is 1. The summed E-state index contributed by atoms with van der Waals surface area (Å²) in [6.45, 7) is 1.37. The molecule has 0 atom stereocenters. The van der Waals surface area contributed by atoms with Crippen LogP contribution in [0.25, 0.3) is 10.2 Å². The molecule has 0 aromatic carbocycles. The highest BCUT2D eigenvalue weighted by Crippen LogP contribution is 2.13. The minimum absolute atomic E-state index is 0.210. The Morgan fingerprint density at radius 3 is 2.90 bits per heavy atom. The molecule has 2 aromatic rings. The monoisotopic (exact) mass is 295 g/mol. The molecule has 1 amide bonds. The molecule has 0 aliphatic rings. The van der Waals surface area contributed by atoms with E-state index in [-0.39, 0.29) is 25.2 Å². The quantitative estimate of drug-likeness (QED) is 0.861. The summed E-state index contributed by atoms with van der Waals surface area (Å²) in [5.41, 5.74) is -0.295.